The van der Waals surface area contributed by atoms with Gasteiger partial charge in [0.15, 0.2) is 11.5 Å². The lowest BCUT2D eigenvalue weighted by molar-refractivity contribution is -0.136. The standard InChI is InChI=1S/C12H8F3N3O2/c13-12(14,15)7-3-1-2-4-8(7)16-10-6-5-9(11(19)20)17-18-10/h1-6H,(H,16,18)(H,19,20). The molecule has 0 saturated carbocycles. The second-order valence-electron chi connectivity index (χ2n) is 3.78. The van der Waals surface area contributed by atoms with E-state index in [4.69, 9.17) is 5.11 Å². The van der Waals surface area contributed by atoms with Crippen molar-refractivity contribution in [2.75, 3.05) is 5.32 Å². The van der Waals surface area contributed by atoms with E-state index in [0.29, 0.717) is 0 Å². The van der Waals surface area contributed by atoms with Crippen LogP contribution in [0.3, 0.4) is 0 Å². The topological polar surface area (TPSA) is 75.1 Å². The van der Waals surface area contributed by atoms with Crippen LogP contribution in [0.1, 0.15) is 16.1 Å². The highest BCUT2D eigenvalue weighted by Crippen LogP contribution is 2.35. The van der Waals surface area contributed by atoms with Crippen molar-refractivity contribution in [2.24, 2.45) is 0 Å². The molecule has 5 nitrogen and oxygen atoms in total. The summed E-state index contributed by atoms with van der Waals surface area (Å²) in [4.78, 5) is 10.6. The SMILES string of the molecule is O=C(O)c1ccc(Nc2ccccc2C(F)(F)F)nn1. The van der Waals surface area contributed by atoms with Crippen molar-refractivity contribution >= 4 is 17.5 Å². The molecule has 0 atom stereocenters. The third kappa shape index (κ3) is 3.02. The van der Waals surface area contributed by atoms with Crippen LogP contribution >= 0.6 is 0 Å². The molecule has 20 heavy (non-hydrogen) atoms. The Bertz CT molecular complexity index is 627. The molecule has 0 aliphatic rings. The number of halogens is 3. The van der Waals surface area contributed by atoms with E-state index in [1.54, 1.807) is 0 Å². The number of alkyl halides is 3. The number of nitrogens with one attached hydrogen (secondary N) is 1. The van der Waals surface area contributed by atoms with Crippen LogP contribution in [0.5, 0.6) is 0 Å². The molecule has 2 aromatic rings. The lowest BCUT2D eigenvalue weighted by Crippen LogP contribution is -2.09. The average molecular weight is 283 g/mol. The number of para-hydroxylation sites is 1. The van der Waals surface area contributed by atoms with Gasteiger partial charge in [0.1, 0.15) is 0 Å². The molecule has 1 aromatic carbocycles. The van der Waals surface area contributed by atoms with Gasteiger partial charge in [0.05, 0.1) is 11.3 Å². The smallest absolute Gasteiger partial charge is 0.418 e. The minimum atomic E-state index is -4.50. The number of anilines is 2. The van der Waals surface area contributed by atoms with Crippen LogP contribution in [0.2, 0.25) is 0 Å². The van der Waals surface area contributed by atoms with Gasteiger partial charge in [0.2, 0.25) is 0 Å². The van der Waals surface area contributed by atoms with Crippen LogP contribution in [0.25, 0.3) is 0 Å². The molecular weight excluding hydrogens is 275 g/mol. The predicted molar refractivity (Wildman–Crippen MR) is 63.7 cm³/mol. The van der Waals surface area contributed by atoms with Crippen molar-refractivity contribution in [3.05, 3.63) is 47.7 Å². The molecule has 0 fully saturated rings. The number of aromatic carboxylic acids is 1. The third-order valence-electron chi connectivity index (χ3n) is 2.38. The molecule has 104 valence electrons. The van der Waals surface area contributed by atoms with E-state index in [1.807, 2.05) is 0 Å². The van der Waals surface area contributed by atoms with Crippen LogP contribution < -0.4 is 5.32 Å². The molecule has 1 heterocycles. The Morgan fingerprint density at radius 1 is 1.10 bits per heavy atom. The Hall–Kier alpha value is -2.64. The lowest BCUT2D eigenvalue weighted by atomic mass is 10.1. The van der Waals surface area contributed by atoms with Crippen LogP contribution in [-0.2, 0) is 6.18 Å². The largest absolute Gasteiger partial charge is 0.476 e. The molecule has 0 saturated heterocycles. The van der Waals surface area contributed by atoms with Gasteiger partial charge < -0.3 is 10.4 Å². The van der Waals surface area contributed by atoms with E-state index >= 15 is 0 Å². The summed E-state index contributed by atoms with van der Waals surface area (Å²) in [6.07, 6.45) is -4.50. The summed E-state index contributed by atoms with van der Waals surface area (Å²) < 4.78 is 38.3. The fourth-order valence-corrected chi connectivity index (χ4v) is 1.49. The summed E-state index contributed by atoms with van der Waals surface area (Å²) in [6.45, 7) is 0. The minimum Gasteiger partial charge on any atom is -0.476 e. The summed E-state index contributed by atoms with van der Waals surface area (Å²) in [7, 11) is 0. The fraction of sp³-hybridized carbons (Fsp3) is 0.0833. The summed E-state index contributed by atoms with van der Waals surface area (Å²) in [5, 5.41) is 18.0. The number of carbonyl (C=O) groups is 1. The highest BCUT2D eigenvalue weighted by atomic mass is 19.4. The Kier molecular flexibility index (Phi) is 3.55. The number of carboxylic acid groups (broad SMARTS) is 1. The number of aromatic nitrogens is 2. The van der Waals surface area contributed by atoms with Gasteiger partial charge in [-0.05, 0) is 24.3 Å². The fourth-order valence-electron chi connectivity index (χ4n) is 1.49. The lowest BCUT2D eigenvalue weighted by Gasteiger charge is -2.13. The van der Waals surface area contributed by atoms with Gasteiger partial charge in [0.25, 0.3) is 0 Å². The van der Waals surface area contributed by atoms with Gasteiger partial charge in [-0.25, -0.2) is 4.79 Å². The molecule has 0 aliphatic carbocycles. The molecule has 0 radical (unpaired) electrons. The van der Waals surface area contributed by atoms with Gasteiger partial charge in [-0.1, -0.05) is 12.1 Å². The Balaban J connectivity index is 2.28. The molecule has 0 spiro atoms. The Labute approximate surface area is 111 Å². The number of carboxylic acids is 1. The van der Waals surface area contributed by atoms with E-state index in [1.165, 1.54) is 24.3 Å². The van der Waals surface area contributed by atoms with Crippen molar-refractivity contribution in [1.82, 2.24) is 10.2 Å². The summed E-state index contributed by atoms with van der Waals surface area (Å²) in [6, 6.07) is 7.28. The zero-order valence-corrected chi connectivity index (χ0v) is 9.85. The van der Waals surface area contributed by atoms with E-state index in [-0.39, 0.29) is 17.2 Å². The van der Waals surface area contributed by atoms with E-state index in [2.05, 4.69) is 15.5 Å². The Morgan fingerprint density at radius 2 is 1.80 bits per heavy atom. The number of rotatable bonds is 3. The first-order chi connectivity index (χ1) is 9.38. The van der Waals surface area contributed by atoms with Crippen molar-refractivity contribution in [2.45, 2.75) is 6.18 Å². The minimum absolute atomic E-state index is 0.0201. The monoisotopic (exact) mass is 283 g/mol. The molecule has 2 N–H and O–H groups in total. The van der Waals surface area contributed by atoms with Gasteiger partial charge >= 0.3 is 12.1 Å². The first kappa shape index (κ1) is 13.8. The van der Waals surface area contributed by atoms with Crippen LogP contribution in [0, 0.1) is 0 Å². The van der Waals surface area contributed by atoms with Crippen molar-refractivity contribution in [3.8, 4) is 0 Å². The highest BCUT2D eigenvalue weighted by Gasteiger charge is 2.33. The maximum absolute atomic E-state index is 12.8. The van der Waals surface area contributed by atoms with Gasteiger partial charge in [-0.2, -0.15) is 13.2 Å². The molecule has 0 unspecified atom stereocenters. The normalized spacial score (nSPS) is 11.2. The van der Waals surface area contributed by atoms with Crippen LogP contribution in [-0.4, -0.2) is 21.3 Å². The molecule has 2 rings (SSSR count). The maximum Gasteiger partial charge on any atom is 0.418 e. The molecule has 0 amide bonds. The summed E-state index contributed by atoms with van der Waals surface area (Å²) in [5.74, 6) is -1.24. The first-order valence-corrected chi connectivity index (χ1v) is 5.38. The first-order valence-electron chi connectivity index (χ1n) is 5.38. The molecule has 0 aliphatic heterocycles. The maximum atomic E-state index is 12.8. The summed E-state index contributed by atoms with van der Waals surface area (Å²) in [5.41, 5.74) is -1.32. The van der Waals surface area contributed by atoms with Gasteiger partial charge in [-0.15, -0.1) is 10.2 Å². The highest BCUT2D eigenvalue weighted by molar-refractivity contribution is 5.85. The average Bonchev–Trinajstić information content (AvgIpc) is 2.38. The van der Waals surface area contributed by atoms with Crippen LogP contribution in [0.4, 0.5) is 24.7 Å². The van der Waals surface area contributed by atoms with Crippen LogP contribution in [0.15, 0.2) is 36.4 Å². The third-order valence-corrected chi connectivity index (χ3v) is 2.38. The van der Waals surface area contributed by atoms with Crippen molar-refractivity contribution in [1.29, 1.82) is 0 Å². The molecule has 8 heteroatoms. The second-order valence-corrected chi connectivity index (χ2v) is 3.78. The zero-order chi connectivity index (χ0) is 14.8. The van der Waals surface area contributed by atoms with Gasteiger partial charge in [-0.3, -0.25) is 0 Å². The Morgan fingerprint density at radius 3 is 2.35 bits per heavy atom. The summed E-state index contributed by atoms with van der Waals surface area (Å²) >= 11 is 0. The van der Waals surface area contributed by atoms with Gasteiger partial charge in [0, 0.05) is 0 Å². The molecule has 0 bridgehead atoms. The number of hydrogen-bond acceptors (Lipinski definition) is 4. The van der Waals surface area contributed by atoms with E-state index in [0.717, 1.165) is 12.1 Å². The number of benzene rings is 1. The van der Waals surface area contributed by atoms with E-state index in [9.17, 15) is 18.0 Å². The quantitative estimate of drug-likeness (QED) is 0.905. The number of nitrogens with zero attached hydrogens (tertiary/aromatic N) is 2. The molecule has 1 aromatic heterocycles. The van der Waals surface area contributed by atoms with Crippen molar-refractivity contribution < 1.29 is 23.1 Å². The predicted octanol–water partition coefficient (Wildman–Crippen LogP) is 2.94. The van der Waals surface area contributed by atoms with Crippen molar-refractivity contribution in [3.63, 3.8) is 0 Å². The zero-order valence-electron chi connectivity index (χ0n) is 9.85. The van der Waals surface area contributed by atoms with E-state index < -0.39 is 17.7 Å². The number of hydrogen-bond donors (Lipinski definition) is 2. The molecular formula is C12H8F3N3O2. The second kappa shape index (κ2) is 5.16.